The first-order valence-electron chi connectivity index (χ1n) is 6.81. The molecule has 2 aromatic carbocycles. The second-order valence-electron chi connectivity index (χ2n) is 4.59. The summed E-state index contributed by atoms with van der Waals surface area (Å²) in [5.41, 5.74) is 4.30. The van der Waals surface area contributed by atoms with Crippen LogP contribution >= 0.6 is 0 Å². The Morgan fingerprint density at radius 1 is 0.958 bits per heavy atom. The van der Waals surface area contributed by atoms with Gasteiger partial charge in [0, 0.05) is 5.56 Å². The van der Waals surface area contributed by atoms with Gasteiger partial charge in [-0.25, -0.2) is 0 Å². The van der Waals surface area contributed by atoms with E-state index in [-0.39, 0.29) is 16.9 Å². The largest absolute Gasteiger partial charge is 0.507 e. The second-order valence-corrected chi connectivity index (χ2v) is 4.59. The van der Waals surface area contributed by atoms with Crippen LogP contribution in [0.1, 0.15) is 11.1 Å². The summed E-state index contributed by atoms with van der Waals surface area (Å²) >= 11 is 0. The van der Waals surface area contributed by atoms with Crippen molar-refractivity contribution in [2.75, 3.05) is 5.43 Å². The van der Waals surface area contributed by atoms with Crippen LogP contribution in [-0.4, -0.2) is 11.3 Å². The molecule has 6 nitrogen and oxygen atoms in total. The number of hydrazone groups is 1. The average molecular weight is 313 g/mol. The van der Waals surface area contributed by atoms with Crippen LogP contribution in [0.2, 0.25) is 0 Å². The van der Waals surface area contributed by atoms with E-state index in [2.05, 4.69) is 10.5 Å². The van der Waals surface area contributed by atoms with Gasteiger partial charge in [0.1, 0.15) is 29.5 Å². The van der Waals surface area contributed by atoms with Crippen LogP contribution in [0.25, 0.3) is 5.57 Å². The monoisotopic (exact) mass is 313 g/mol. The molecular formula is C18H11N5O. The number of benzene rings is 2. The predicted molar refractivity (Wildman–Crippen MR) is 89.5 cm³/mol. The topological polar surface area (TPSA) is 116 Å². The predicted octanol–water partition coefficient (Wildman–Crippen LogP) is 3.16. The standard InChI is InChI=1S/C18H11N5O/c19-9-15(10-20)17(11-21)13-5-7-16(8-6-13)23-22-12-14-3-1-2-4-18(14)24/h1-8,12,23-24H/b22-12+. The number of nitriles is 3. The van der Waals surface area contributed by atoms with Gasteiger partial charge < -0.3 is 5.11 Å². The zero-order chi connectivity index (χ0) is 17.4. The lowest BCUT2D eigenvalue weighted by molar-refractivity contribution is 0.474. The van der Waals surface area contributed by atoms with Crippen molar-refractivity contribution in [1.29, 1.82) is 15.8 Å². The number of hydrogen-bond acceptors (Lipinski definition) is 6. The van der Waals surface area contributed by atoms with Gasteiger partial charge in [-0.3, -0.25) is 5.43 Å². The highest BCUT2D eigenvalue weighted by molar-refractivity contribution is 5.85. The molecule has 0 saturated carbocycles. The van der Waals surface area contributed by atoms with Crippen molar-refractivity contribution < 1.29 is 5.11 Å². The number of rotatable bonds is 4. The molecular weight excluding hydrogens is 302 g/mol. The summed E-state index contributed by atoms with van der Waals surface area (Å²) in [6.45, 7) is 0. The number of nitrogens with one attached hydrogen (secondary N) is 1. The number of hydrogen-bond donors (Lipinski definition) is 2. The minimum atomic E-state index is -0.226. The van der Waals surface area contributed by atoms with Crippen LogP contribution < -0.4 is 5.43 Å². The summed E-state index contributed by atoms with van der Waals surface area (Å²) in [6, 6.07) is 18.6. The van der Waals surface area contributed by atoms with Crippen molar-refractivity contribution in [1.82, 2.24) is 0 Å². The molecule has 0 spiro atoms. The Labute approximate surface area is 138 Å². The lowest BCUT2D eigenvalue weighted by Crippen LogP contribution is -1.92. The number of para-hydroxylation sites is 1. The first-order valence-corrected chi connectivity index (χ1v) is 6.81. The molecule has 0 atom stereocenters. The first-order chi connectivity index (χ1) is 11.7. The summed E-state index contributed by atoms with van der Waals surface area (Å²) in [5.74, 6) is 0.128. The molecule has 2 N–H and O–H groups in total. The van der Waals surface area contributed by atoms with E-state index in [0.717, 1.165) is 0 Å². The lowest BCUT2D eigenvalue weighted by atomic mass is 10.0. The Bertz CT molecular complexity index is 906. The van der Waals surface area contributed by atoms with Crippen molar-refractivity contribution in [3.63, 3.8) is 0 Å². The van der Waals surface area contributed by atoms with Gasteiger partial charge in [0.05, 0.1) is 17.5 Å². The van der Waals surface area contributed by atoms with E-state index in [0.29, 0.717) is 16.8 Å². The van der Waals surface area contributed by atoms with Gasteiger partial charge in [-0.2, -0.15) is 20.9 Å². The Kier molecular flexibility index (Phi) is 5.29. The third-order valence-corrected chi connectivity index (χ3v) is 3.09. The van der Waals surface area contributed by atoms with Crippen molar-refractivity contribution in [3.05, 3.63) is 65.2 Å². The van der Waals surface area contributed by atoms with E-state index in [4.69, 9.17) is 15.8 Å². The summed E-state index contributed by atoms with van der Waals surface area (Å²) < 4.78 is 0. The van der Waals surface area contributed by atoms with Gasteiger partial charge >= 0.3 is 0 Å². The van der Waals surface area contributed by atoms with Crippen molar-refractivity contribution in [2.45, 2.75) is 0 Å². The summed E-state index contributed by atoms with van der Waals surface area (Å²) in [5, 5.41) is 40.5. The van der Waals surface area contributed by atoms with Crippen molar-refractivity contribution in [3.8, 4) is 24.0 Å². The molecule has 0 heterocycles. The van der Waals surface area contributed by atoms with Gasteiger partial charge in [-0.1, -0.05) is 24.3 Å². The molecule has 0 unspecified atom stereocenters. The van der Waals surface area contributed by atoms with E-state index in [1.54, 1.807) is 60.7 Å². The fourth-order valence-electron chi connectivity index (χ4n) is 1.89. The van der Waals surface area contributed by atoms with Crippen LogP contribution in [0.15, 0.2) is 59.2 Å². The highest BCUT2D eigenvalue weighted by Gasteiger charge is 2.08. The van der Waals surface area contributed by atoms with E-state index in [9.17, 15) is 5.11 Å². The Morgan fingerprint density at radius 2 is 1.62 bits per heavy atom. The molecule has 0 aliphatic heterocycles. The molecule has 0 aliphatic rings. The van der Waals surface area contributed by atoms with E-state index < -0.39 is 0 Å². The lowest BCUT2D eigenvalue weighted by Gasteiger charge is -2.03. The van der Waals surface area contributed by atoms with Crippen LogP contribution in [0.3, 0.4) is 0 Å². The molecule has 0 aliphatic carbocycles. The Balaban J connectivity index is 2.15. The third-order valence-electron chi connectivity index (χ3n) is 3.09. The maximum absolute atomic E-state index is 9.62. The molecule has 0 saturated heterocycles. The van der Waals surface area contributed by atoms with Crippen LogP contribution in [0, 0.1) is 34.0 Å². The van der Waals surface area contributed by atoms with Gasteiger partial charge in [-0.15, -0.1) is 0 Å². The third kappa shape index (κ3) is 3.76. The summed E-state index contributed by atoms with van der Waals surface area (Å²) in [7, 11) is 0. The molecule has 0 radical (unpaired) electrons. The number of allylic oxidation sites excluding steroid dienone is 2. The molecule has 0 amide bonds. The first kappa shape index (κ1) is 16.3. The quantitative estimate of drug-likeness (QED) is 0.511. The number of aromatic hydroxyl groups is 1. The maximum Gasteiger partial charge on any atom is 0.148 e. The molecule has 0 bridgehead atoms. The number of phenolic OH excluding ortho intramolecular Hbond substituents is 1. The molecule has 6 heteroatoms. The van der Waals surface area contributed by atoms with E-state index in [1.807, 2.05) is 6.07 Å². The van der Waals surface area contributed by atoms with Gasteiger partial charge in [-0.05, 0) is 29.8 Å². The molecule has 0 aromatic heterocycles. The molecule has 0 fully saturated rings. The van der Waals surface area contributed by atoms with Crippen LogP contribution in [0.5, 0.6) is 5.75 Å². The fourth-order valence-corrected chi connectivity index (χ4v) is 1.89. The SMILES string of the molecule is N#CC(C#N)=C(C#N)c1ccc(N/N=C/c2ccccc2O)cc1. The number of phenols is 1. The smallest absolute Gasteiger partial charge is 0.148 e. The van der Waals surface area contributed by atoms with Gasteiger partial charge in [0.25, 0.3) is 0 Å². The van der Waals surface area contributed by atoms with Gasteiger partial charge in [0.2, 0.25) is 0 Å². The minimum absolute atomic E-state index is 0.0317. The number of nitrogens with zero attached hydrogens (tertiary/aromatic N) is 4. The highest BCUT2D eigenvalue weighted by Crippen LogP contribution is 2.20. The Hall–Kier alpha value is -4.08. The second kappa shape index (κ2) is 7.79. The molecule has 24 heavy (non-hydrogen) atoms. The van der Waals surface area contributed by atoms with E-state index in [1.165, 1.54) is 6.21 Å². The average Bonchev–Trinajstić information content (AvgIpc) is 2.62. The summed E-state index contributed by atoms with van der Waals surface area (Å²) in [4.78, 5) is 0. The summed E-state index contributed by atoms with van der Waals surface area (Å²) in [6.07, 6.45) is 1.48. The van der Waals surface area contributed by atoms with Crippen LogP contribution in [-0.2, 0) is 0 Å². The highest BCUT2D eigenvalue weighted by atomic mass is 16.3. The molecule has 2 rings (SSSR count). The van der Waals surface area contributed by atoms with E-state index >= 15 is 0 Å². The molecule has 2 aromatic rings. The van der Waals surface area contributed by atoms with Crippen LogP contribution in [0.4, 0.5) is 5.69 Å². The zero-order valence-corrected chi connectivity index (χ0v) is 12.4. The molecule has 114 valence electrons. The Morgan fingerprint density at radius 3 is 2.21 bits per heavy atom. The van der Waals surface area contributed by atoms with Crippen molar-refractivity contribution >= 4 is 17.5 Å². The fraction of sp³-hybridized carbons (Fsp3) is 0. The maximum atomic E-state index is 9.62. The normalized spacial score (nSPS) is 9.54. The zero-order valence-electron chi connectivity index (χ0n) is 12.4. The van der Waals surface area contributed by atoms with Crippen molar-refractivity contribution in [2.24, 2.45) is 5.10 Å². The minimum Gasteiger partial charge on any atom is -0.507 e. The van der Waals surface area contributed by atoms with Gasteiger partial charge in [0.15, 0.2) is 0 Å². The number of anilines is 1.